The molecule has 0 unspecified atom stereocenters. The molecule has 2 N–H and O–H groups in total. The van der Waals surface area contributed by atoms with Crippen molar-refractivity contribution in [2.45, 2.75) is 6.92 Å². The quantitative estimate of drug-likeness (QED) is 0.598. The predicted octanol–water partition coefficient (Wildman–Crippen LogP) is 3.87. The Labute approximate surface area is 101 Å². The van der Waals surface area contributed by atoms with Gasteiger partial charge in [0.15, 0.2) is 0 Å². The Morgan fingerprint density at radius 3 is 2.41 bits per heavy atom. The summed E-state index contributed by atoms with van der Waals surface area (Å²) in [6, 6.07) is 17.4. The smallest absolute Gasteiger partial charge is 0.115 e. The Bertz CT molecular complexity index is 551. The lowest BCUT2D eigenvalue weighted by Gasteiger charge is -1.89. The van der Waals surface area contributed by atoms with E-state index in [0.29, 0.717) is 5.75 Å². The molecular formula is C15H15NO. The first-order chi connectivity index (χ1) is 8.25. The maximum Gasteiger partial charge on any atom is 0.115 e. The second-order valence-electron chi connectivity index (χ2n) is 3.90. The summed E-state index contributed by atoms with van der Waals surface area (Å²) in [4.78, 5) is 3.12. The van der Waals surface area contributed by atoms with Crippen molar-refractivity contribution < 1.29 is 5.11 Å². The molecule has 0 radical (unpaired) electrons. The summed E-state index contributed by atoms with van der Waals surface area (Å²) in [6.45, 7) is 1.94. The van der Waals surface area contributed by atoms with Crippen molar-refractivity contribution in [3.8, 4) is 5.75 Å². The van der Waals surface area contributed by atoms with E-state index < -0.39 is 0 Å². The third kappa shape index (κ3) is 3.11. The van der Waals surface area contributed by atoms with Crippen LogP contribution in [0.25, 0.3) is 10.9 Å². The number of fused-ring (bicyclic) bond motifs is 1. The number of H-pyrrole nitrogens is 1. The van der Waals surface area contributed by atoms with Crippen molar-refractivity contribution in [1.29, 1.82) is 0 Å². The number of para-hydroxylation sites is 1. The van der Waals surface area contributed by atoms with Crippen LogP contribution >= 0.6 is 0 Å². The summed E-state index contributed by atoms with van der Waals surface area (Å²) in [5.41, 5.74) is 2.29. The molecular weight excluding hydrogens is 210 g/mol. The van der Waals surface area contributed by atoms with Gasteiger partial charge in [-0.05, 0) is 42.1 Å². The van der Waals surface area contributed by atoms with Crippen LogP contribution in [0.4, 0.5) is 0 Å². The van der Waals surface area contributed by atoms with Gasteiger partial charge in [0.25, 0.3) is 0 Å². The van der Waals surface area contributed by atoms with E-state index >= 15 is 0 Å². The van der Waals surface area contributed by atoms with Crippen LogP contribution in [0.1, 0.15) is 5.56 Å². The van der Waals surface area contributed by atoms with Gasteiger partial charge in [0.2, 0.25) is 0 Å². The Balaban J connectivity index is 0.000000128. The highest BCUT2D eigenvalue weighted by atomic mass is 16.3. The van der Waals surface area contributed by atoms with Gasteiger partial charge in [0, 0.05) is 11.7 Å². The van der Waals surface area contributed by atoms with Gasteiger partial charge in [-0.15, -0.1) is 0 Å². The van der Waals surface area contributed by atoms with Gasteiger partial charge in [0.05, 0.1) is 0 Å². The van der Waals surface area contributed by atoms with E-state index in [9.17, 15) is 0 Å². The van der Waals surface area contributed by atoms with Crippen LogP contribution in [0, 0.1) is 6.92 Å². The number of rotatable bonds is 0. The van der Waals surface area contributed by atoms with Gasteiger partial charge in [-0.25, -0.2) is 0 Å². The number of phenolic OH excluding ortho intramolecular Hbond substituents is 1. The molecule has 0 saturated carbocycles. The second kappa shape index (κ2) is 5.21. The molecule has 0 aliphatic rings. The molecule has 0 fully saturated rings. The Morgan fingerprint density at radius 2 is 1.76 bits per heavy atom. The lowest BCUT2D eigenvalue weighted by Crippen LogP contribution is -1.66. The Kier molecular flexibility index (Phi) is 3.46. The first kappa shape index (κ1) is 11.3. The summed E-state index contributed by atoms with van der Waals surface area (Å²) < 4.78 is 0. The lowest BCUT2D eigenvalue weighted by atomic mass is 10.2. The fourth-order valence-electron chi connectivity index (χ4n) is 1.62. The number of aromatic nitrogens is 1. The fourth-order valence-corrected chi connectivity index (χ4v) is 1.62. The molecule has 1 aromatic heterocycles. The van der Waals surface area contributed by atoms with Gasteiger partial charge >= 0.3 is 0 Å². The molecule has 0 spiro atoms. The third-order valence-electron chi connectivity index (χ3n) is 2.46. The van der Waals surface area contributed by atoms with E-state index in [1.807, 2.05) is 37.4 Å². The number of aryl methyl sites for hydroxylation is 1. The van der Waals surface area contributed by atoms with Crippen LogP contribution in [0.2, 0.25) is 0 Å². The first-order valence-corrected chi connectivity index (χ1v) is 5.53. The summed E-state index contributed by atoms with van der Waals surface area (Å²) >= 11 is 0. The number of nitrogens with one attached hydrogen (secondary N) is 1. The van der Waals surface area contributed by atoms with Crippen molar-refractivity contribution in [1.82, 2.24) is 4.98 Å². The van der Waals surface area contributed by atoms with Gasteiger partial charge in [-0.3, -0.25) is 0 Å². The van der Waals surface area contributed by atoms with Crippen LogP contribution in [0.15, 0.2) is 60.8 Å². The van der Waals surface area contributed by atoms with E-state index in [1.165, 1.54) is 10.9 Å². The van der Waals surface area contributed by atoms with Crippen molar-refractivity contribution in [2.75, 3.05) is 0 Å². The molecule has 86 valence electrons. The van der Waals surface area contributed by atoms with E-state index in [2.05, 4.69) is 23.2 Å². The number of hydrogen-bond acceptors (Lipinski definition) is 1. The molecule has 2 aromatic carbocycles. The van der Waals surface area contributed by atoms with Crippen molar-refractivity contribution in [3.05, 3.63) is 66.4 Å². The van der Waals surface area contributed by atoms with Crippen molar-refractivity contribution in [3.63, 3.8) is 0 Å². The number of benzene rings is 2. The Morgan fingerprint density at radius 1 is 0.941 bits per heavy atom. The molecule has 0 amide bonds. The van der Waals surface area contributed by atoms with E-state index in [0.717, 1.165) is 5.56 Å². The maximum atomic E-state index is 8.81. The zero-order chi connectivity index (χ0) is 12.1. The normalized spacial score (nSPS) is 9.71. The van der Waals surface area contributed by atoms with Crippen LogP contribution in [-0.4, -0.2) is 10.1 Å². The number of phenols is 1. The average Bonchev–Trinajstić information content (AvgIpc) is 2.77. The average molecular weight is 225 g/mol. The largest absolute Gasteiger partial charge is 0.508 e. The van der Waals surface area contributed by atoms with Gasteiger partial charge < -0.3 is 10.1 Å². The first-order valence-electron chi connectivity index (χ1n) is 5.53. The minimum atomic E-state index is 0.338. The number of aromatic hydroxyl groups is 1. The molecule has 0 atom stereocenters. The molecule has 17 heavy (non-hydrogen) atoms. The SMILES string of the molecule is Cc1cccc(O)c1.c1ccc2[nH]ccc2c1. The molecule has 3 rings (SSSR count). The molecule has 2 heteroatoms. The van der Waals surface area contributed by atoms with Crippen LogP contribution in [0.3, 0.4) is 0 Å². The zero-order valence-electron chi connectivity index (χ0n) is 9.72. The highest BCUT2D eigenvalue weighted by Gasteiger charge is 1.86. The molecule has 0 aliphatic carbocycles. The molecule has 1 heterocycles. The zero-order valence-corrected chi connectivity index (χ0v) is 9.72. The Hall–Kier alpha value is -2.22. The van der Waals surface area contributed by atoms with Crippen LogP contribution < -0.4 is 0 Å². The molecule has 0 aliphatic heterocycles. The minimum Gasteiger partial charge on any atom is -0.508 e. The van der Waals surface area contributed by atoms with E-state index in [4.69, 9.17) is 5.11 Å². The van der Waals surface area contributed by atoms with E-state index in [1.54, 1.807) is 12.1 Å². The number of hydrogen-bond donors (Lipinski definition) is 2. The third-order valence-corrected chi connectivity index (χ3v) is 2.46. The molecule has 0 bridgehead atoms. The van der Waals surface area contributed by atoms with Crippen molar-refractivity contribution >= 4 is 10.9 Å². The van der Waals surface area contributed by atoms with Crippen LogP contribution in [0.5, 0.6) is 5.75 Å². The highest BCUT2D eigenvalue weighted by molar-refractivity contribution is 5.78. The molecule has 0 saturated heterocycles. The van der Waals surface area contributed by atoms with Crippen LogP contribution in [-0.2, 0) is 0 Å². The number of aromatic amines is 1. The summed E-state index contributed by atoms with van der Waals surface area (Å²) in [5.74, 6) is 0.338. The topological polar surface area (TPSA) is 36.0 Å². The van der Waals surface area contributed by atoms with Gasteiger partial charge in [-0.2, -0.15) is 0 Å². The summed E-state index contributed by atoms with van der Waals surface area (Å²) in [7, 11) is 0. The van der Waals surface area contributed by atoms with Crippen molar-refractivity contribution in [2.24, 2.45) is 0 Å². The van der Waals surface area contributed by atoms with Gasteiger partial charge in [-0.1, -0.05) is 30.3 Å². The minimum absolute atomic E-state index is 0.338. The molecule has 3 aromatic rings. The second-order valence-corrected chi connectivity index (χ2v) is 3.90. The molecule has 2 nitrogen and oxygen atoms in total. The monoisotopic (exact) mass is 225 g/mol. The summed E-state index contributed by atoms with van der Waals surface area (Å²) in [5, 5.41) is 10.1. The summed E-state index contributed by atoms with van der Waals surface area (Å²) in [6.07, 6.45) is 1.95. The standard InChI is InChI=1S/C8H7N.C7H8O/c1-2-4-8-7(3-1)5-6-9-8;1-6-3-2-4-7(8)5-6/h1-6,9H;2-5,8H,1H3. The predicted molar refractivity (Wildman–Crippen MR) is 71.1 cm³/mol. The fraction of sp³-hybridized carbons (Fsp3) is 0.0667. The van der Waals surface area contributed by atoms with E-state index in [-0.39, 0.29) is 0 Å². The maximum absolute atomic E-state index is 8.81. The highest BCUT2D eigenvalue weighted by Crippen LogP contribution is 2.09. The lowest BCUT2D eigenvalue weighted by molar-refractivity contribution is 0.475. The van der Waals surface area contributed by atoms with Gasteiger partial charge in [0.1, 0.15) is 5.75 Å².